The van der Waals surface area contributed by atoms with Crippen molar-refractivity contribution in [2.75, 3.05) is 0 Å². The Labute approximate surface area is 128 Å². The van der Waals surface area contributed by atoms with E-state index >= 15 is 0 Å². The second-order valence-electron chi connectivity index (χ2n) is 8.97. The van der Waals surface area contributed by atoms with Gasteiger partial charge in [-0.05, 0) is 66.1 Å². The van der Waals surface area contributed by atoms with Crippen LogP contribution in [0.3, 0.4) is 0 Å². The number of hydrogen-bond acceptors (Lipinski definition) is 0. The van der Waals surface area contributed by atoms with Crippen LogP contribution in [0, 0.1) is 46.8 Å². The number of fused-ring (bicyclic) bond motifs is 1. The molecule has 2 aliphatic carbocycles. The van der Waals surface area contributed by atoms with Crippen molar-refractivity contribution in [2.24, 2.45) is 46.8 Å². The Kier molecular flexibility index (Phi) is 4.92. The van der Waals surface area contributed by atoms with Crippen LogP contribution < -0.4 is 0 Å². The number of hydrogen-bond donors (Lipinski definition) is 0. The van der Waals surface area contributed by atoms with Gasteiger partial charge in [-0.3, -0.25) is 0 Å². The van der Waals surface area contributed by atoms with Crippen LogP contribution in [-0.4, -0.2) is 0 Å². The summed E-state index contributed by atoms with van der Waals surface area (Å²) in [6, 6.07) is 0. The van der Waals surface area contributed by atoms with E-state index in [1.807, 2.05) is 0 Å². The molecule has 0 amide bonds. The third-order valence-electron chi connectivity index (χ3n) is 7.52. The van der Waals surface area contributed by atoms with Crippen molar-refractivity contribution >= 4 is 0 Å². The van der Waals surface area contributed by atoms with Crippen LogP contribution in [0.5, 0.6) is 0 Å². The van der Waals surface area contributed by atoms with Crippen LogP contribution in [0.25, 0.3) is 0 Å². The lowest BCUT2D eigenvalue weighted by Gasteiger charge is -2.40. The van der Waals surface area contributed by atoms with Crippen LogP contribution in [-0.2, 0) is 0 Å². The average molecular weight is 279 g/mol. The molecule has 0 heteroatoms. The van der Waals surface area contributed by atoms with Gasteiger partial charge in [-0.15, -0.1) is 0 Å². The van der Waals surface area contributed by atoms with E-state index in [1.54, 1.807) is 0 Å². The lowest BCUT2D eigenvalue weighted by molar-refractivity contribution is 0.0849. The Morgan fingerprint density at radius 1 is 1.00 bits per heavy atom. The minimum absolute atomic E-state index is 0.613. The van der Waals surface area contributed by atoms with E-state index < -0.39 is 0 Å². The fraction of sp³-hybridized carbons (Fsp3) is 1.00. The highest BCUT2D eigenvalue weighted by Crippen LogP contribution is 2.64. The van der Waals surface area contributed by atoms with Crippen molar-refractivity contribution in [2.45, 2.75) is 80.6 Å². The first-order valence-corrected chi connectivity index (χ1v) is 9.31. The molecule has 118 valence electrons. The molecule has 0 heterocycles. The molecule has 2 rings (SSSR count). The van der Waals surface area contributed by atoms with Crippen molar-refractivity contribution in [1.82, 2.24) is 0 Å². The maximum Gasteiger partial charge on any atom is -0.0264 e. The zero-order valence-electron chi connectivity index (χ0n) is 15.1. The van der Waals surface area contributed by atoms with Gasteiger partial charge in [-0.1, -0.05) is 61.3 Å². The summed E-state index contributed by atoms with van der Waals surface area (Å²) in [5.41, 5.74) is 0.613. The van der Waals surface area contributed by atoms with Crippen molar-refractivity contribution in [1.29, 1.82) is 0 Å². The molecule has 0 aromatic rings. The quantitative estimate of drug-likeness (QED) is 0.545. The summed E-state index contributed by atoms with van der Waals surface area (Å²) in [7, 11) is 0. The monoisotopic (exact) mass is 278 g/mol. The lowest BCUT2D eigenvalue weighted by Crippen LogP contribution is -2.33. The summed E-state index contributed by atoms with van der Waals surface area (Å²) in [5, 5.41) is 0. The summed E-state index contributed by atoms with van der Waals surface area (Å²) in [6.45, 7) is 17.6. The first-order valence-electron chi connectivity index (χ1n) is 9.31. The van der Waals surface area contributed by atoms with Gasteiger partial charge < -0.3 is 0 Å². The first-order chi connectivity index (χ1) is 9.31. The lowest BCUT2D eigenvalue weighted by atomic mass is 9.65. The zero-order chi connectivity index (χ0) is 15.1. The van der Waals surface area contributed by atoms with Crippen molar-refractivity contribution in [3.8, 4) is 0 Å². The van der Waals surface area contributed by atoms with E-state index in [0.717, 1.165) is 41.4 Å². The van der Waals surface area contributed by atoms with Crippen LogP contribution in [0.4, 0.5) is 0 Å². The Balaban J connectivity index is 2.09. The zero-order valence-corrected chi connectivity index (χ0v) is 15.1. The predicted molar refractivity (Wildman–Crippen MR) is 89.7 cm³/mol. The van der Waals surface area contributed by atoms with Gasteiger partial charge in [0.2, 0.25) is 0 Å². The molecule has 8 unspecified atom stereocenters. The molecular weight excluding hydrogens is 240 g/mol. The maximum absolute atomic E-state index is 2.64. The van der Waals surface area contributed by atoms with Crippen LogP contribution in [0.2, 0.25) is 0 Å². The molecule has 0 aromatic carbocycles. The van der Waals surface area contributed by atoms with Gasteiger partial charge in [-0.25, -0.2) is 0 Å². The standard InChI is InChI=1S/C20H38/c1-8-13(2)9-10-17(6)20(7)12-16(5)18-14(3)11-15(4)19(18)20/h13-19H,8-12H2,1-7H3. The molecule has 0 saturated heterocycles. The fourth-order valence-electron chi connectivity index (χ4n) is 6.19. The molecule has 2 saturated carbocycles. The molecule has 0 aliphatic heterocycles. The highest BCUT2D eigenvalue weighted by atomic mass is 14.6. The molecule has 20 heavy (non-hydrogen) atoms. The van der Waals surface area contributed by atoms with Gasteiger partial charge >= 0.3 is 0 Å². The van der Waals surface area contributed by atoms with Crippen molar-refractivity contribution in [3.05, 3.63) is 0 Å². The molecule has 2 aliphatic rings. The normalized spacial score (nSPS) is 47.2. The van der Waals surface area contributed by atoms with Gasteiger partial charge in [0.25, 0.3) is 0 Å². The Morgan fingerprint density at radius 3 is 2.25 bits per heavy atom. The SMILES string of the molecule is CCC(C)CCC(C)C1(C)CC(C)C2C(C)CC(C)C21. The number of rotatable bonds is 5. The third kappa shape index (κ3) is 2.69. The van der Waals surface area contributed by atoms with E-state index in [1.165, 1.54) is 32.1 Å². The predicted octanol–water partition coefficient (Wildman–Crippen LogP) is 6.40. The summed E-state index contributed by atoms with van der Waals surface area (Å²) < 4.78 is 0. The van der Waals surface area contributed by atoms with Crippen LogP contribution in [0.1, 0.15) is 80.6 Å². The molecule has 0 N–H and O–H groups in total. The highest BCUT2D eigenvalue weighted by molar-refractivity contribution is 5.06. The molecule has 0 nitrogen and oxygen atoms in total. The third-order valence-corrected chi connectivity index (χ3v) is 7.52. The van der Waals surface area contributed by atoms with Gasteiger partial charge in [0.15, 0.2) is 0 Å². The minimum Gasteiger partial charge on any atom is -0.0651 e. The second kappa shape index (κ2) is 6.01. The van der Waals surface area contributed by atoms with Gasteiger partial charge in [0.05, 0.1) is 0 Å². The summed E-state index contributed by atoms with van der Waals surface area (Å²) >= 11 is 0. The molecular formula is C20H38. The van der Waals surface area contributed by atoms with Gasteiger partial charge in [-0.2, -0.15) is 0 Å². The average Bonchev–Trinajstić information content (AvgIpc) is 2.84. The summed E-state index contributed by atoms with van der Waals surface area (Å²) in [6.07, 6.45) is 7.19. The second-order valence-corrected chi connectivity index (χ2v) is 8.97. The minimum atomic E-state index is 0.613. The molecule has 0 aromatic heterocycles. The molecule has 0 bridgehead atoms. The molecule has 0 spiro atoms. The van der Waals surface area contributed by atoms with Crippen LogP contribution in [0.15, 0.2) is 0 Å². The fourth-order valence-corrected chi connectivity index (χ4v) is 6.19. The van der Waals surface area contributed by atoms with E-state index in [0.29, 0.717) is 5.41 Å². The maximum atomic E-state index is 2.64. The van der Waals surface area contributed by atoms with E-state index in [2.05, 4.69) is 48.5 Å². The van der Waals surface area contributed by atoms with Crippen LogP contribution >= 0.6 is 0 Å². The van der Waals surface area contributed by atoms with E-state index in [-0.39, 0.29) is 0 Å². The van der Waals surface area contributed by atoms with Gasteiger partial charge in [0.1, 0.15) is 0 Å². The Morgan fingerprint density at radius 2 is 1.65 bits per heavy atom. The van der Waals surface area contributed by atoms with E-state index in [9.17, 15) is 0 Å². The van der Waals surface area contributed by atoms with Gasteiger partial charge in [0, 0.05) is 0 Å². The van der Waals surface area contributed by atoms with E-state index in [4.69, 9.17) is 0 Å². The first kappa shape index (κ1) is 16.4. The molecule has 8 atom stereocenters. The van der Waals surface area contributed by atoms with Crippen molar-refractivity contribution in [3.63, 3.8) is 0 Å². The highest BCUT2D eigenvalue weighted by Gasteiger charge is 2.57. The molecule has 0 radical (unpaired) electrons. The van der Waals surface area contributed by atoms with Crippen molar-refractivity contribution < 1.29 is 0 Å². The summed E-state index contributed by atoms with van der Waals surface area (Å²) in [4.78, 5) is 0. The summed E-state index contributed by atoms with van der Waals surface area (Å²) in [5.74, 6) is 6.71. The topological polar surface area (TPSA) is 0 Å². The molecule has 2 fully saturated rings. The smallest absolute Gasteiger partial charge is 0.0264 e. The Hall–Kier alpha value is 0. The largest absolute Gasteiger partial charge is 0.0651 e. The Bertz CT molecular complexity index is 320.